The van der Waals surface area contributed by atoms with E-state index in [4.69, 9.17) is 5.73 Å². The number of carbonyl (C=O) groups is 1. The molecule has 0 aliphatic carbocycles. The summed E-state index contributed by atoms with van der Waals surface area (Å²) in [4.78, 5) is 14.0. The number of amides is 1. The van der Waals surface area contributed by atoms with Gasteiger partial charge in [0.1, 0.15) is 0 Å². The Balaban J connectivity index is 2.31. The number of nitrogens with two attached hydrogens (primary N) is 1. The van der Waals surface area contributed by atoms with Crippen LogP contribution in [-0.2, 0) is 4.79 Å². The predicted molar refractivity (Wildman–Crippen MR) is 70.7 cm³/mol. The van der Waals surface area contributed by atoms with Crippen LogP contribution >= 0.6 is 0 Å². The first-order valence-corrected chi connectivity index (χ1v) is 6.76. The minimum Gasteiger partial charge on any atom is -0.354 e. The number of hydrogen-bond acceptors (Lipinski definition) is 3. The molecule has 0 saturated carbocycles. The highest BCUT2D eigenvalue weighted by Crippen LogP contribution is 2.20. The molecule has 1 amide bonds. The summed E-state index contributed by atoms with van der Waals surface area (Å²) in [5.41, 5.74) is 5.73. The van der Waals surface area contributed by atoms with Crippen LogP contribution in [0.25, 0.3) is 0 Å². The lowest BCUT2D eigenvalue weighted by Crippen LogP contribution is -2.45. The Morgan fingerprint density at radius 1 is 1.47 bits per heavy atom. The van der Waals surface area contributed by atoms with E-state index in [-0.39, 0.29) is 11.9 Å². The Morgan fingerprint density at radius 3 is 2.76 bits per heavy atom. The summed E-state index contributed by atoms with van der Waals surface area (Å²) in [6, 6.07) is 0.822. The van der Waals surface area contributed by atoms with Crippen molar-refractivity contribution in [3.05, 3.63) is 0 Å². The van der Waals surface area contributed by atoms with Gasteiger partial charge in [-0.15, -0.1) is 0 Å². The third-order valence-electron chi connectivity index (χ3n) is 3.52. The van der Waals surface area contributed by atoms with Crippen molar-refractivity contribution in [2.24, 2.45) is 11.7 Å². The van der Waals surface area contributed by atoms with Gasteiger partial charge in [-0.2, -0.15) is 0 Å². The molecule has 1 aliphatic heterocycles. The van der Waals surface area contributed by atoms with Gasteiger partial charge in [0.05, 0.1) is 0 Å². The van der Waals surface area contributed by atoms with Crippen molar-refractivity contribution in [1.29, 1.82) is 0 Å². The van der Waals surface area contributed by atoms with E-state index in [9.17, 15) is 4.79 Å². The summed E-state index contributed by atoms with van der Waals surface area (Å²) in [5.74, 6) is 0.765. The van der Waals surface area contributed by atoms with Gasteiger partial charge in [0.15, 0.2) is 0 Å². The molecule has 3 N–H and O–H groups in total. The average molecular weight is 241 g/mol. The van der Waals surface area contributed by atoms with E-state index in [0.717, 1.165) is 19.6 Å². The van der Waals surface area contributed by atoms with Crippen molar-refractivity contribution in [3.63, 3.8) is 0 Å². The van der Waals surface area contributed by atoms with E-state index in [0.29, 0.717) is 18.4 Å². The van der Waals surface area contributed by atoms with Crippen molar-refractivity contribution in [3.8, 4) is 0 Å². The molecule has 4 nitrogen and oxygen atoms in total. The first-order chi connectivity index (χ1) is 8.02. The van der Waals surface area contributed by atoms with E-state index in [1.807, 2.05) is 13.8 Å². The van der Waals surface area contributed by atoms with Gasteiger partial charge in [0.2, 0.25) is 5.91 Å². The minimum absolute atomic E-state index is 0.155. The molecule has 100 valence electrons. The highest BCUT2D eigenvalue weighted by atomic mass is 16.1. The number of nitrogens with zero attached hydrogens (tertiary/aromatic N) is 1. The Bertz CT molecular complexity index is 243. The smallest absolute Gasteiger partial charge is 0.221 e. The second kappa shape index (κ2) is 6.97. The van der Waals surface area contributed by atoms with Crippen molar-refractivity contribution in [1.82, 2.24) is 10.2 Å². The first-order valence-electron chi connectivity index (χ1n) is 6.76. The van der Waals surface area contributed by atoms with Gasteiger partial charge in [0.25, 0.3) is 0 Å². The molecule has 17 heavy (non-hydrogen) atoms. The van der Waals surface area contributed by atoms with Gasteiger partial charge < -0.3 is 11.1 Å². The second-order valence-corrected chi connectivity index (χ2v) is 5.50. The third kappa shape index (κ3) is 5.04. The van der Waals surface area contributed by atoms with Crippen LogP contribution in [0.4, 0.5) is 0 Å². The Kier molecular flexibility index (Phi) is 5.92. The fraction of sp³-hybridized carbons (Fsp3) is 0.923. The molecule has 2 unspecified atom stereocenters. The van der Waals surface area contributed by atoms with Gasteiger partial charge in [-0.05, 0) is 46.1 Å². The van der Waals surface area contributed by atoms with Crippen molar-refractivity contribution in [2.75, 3.05) is 19.6 Å². The van der Waals surface area contributed by atoms with Crippen molar-refractivity contribution >= 4 is 5.91 Å². The lowest BCUT2D eigenvalue weighted by molar-refractivity contribution is -0.122. The van der Waals surface area contributed by atoms with Crippen molar-refractivity contribution < 1.29 is 4.79 Å². The number of nitrogens with one attached hydrogen (secondary N) is 1. The van der Waals surface area contributed by atoms with Gasteiger partial charge in [-0.1, -0.05) is 0 Å². The van der Waals surface area contributed by atoms with Gasteiger partial charge in [-0.3, -0.25) is 9.69 Å². The normalized spacial score (nSPS) is 26.2. The fourth-order valence-corrected chi connectivity index (χ4v) is 2.41. The average Bonchev–Trinajstić information content (AvgIpc) is 2.27. The van der Waals surface area contributed by atoms with Crippen LogP contribution in [0.1, 0.15) is 40.0 Å². The fourth-order valence-electron chi connectivity index (χ4n) is 2.41. The third-order valence-corrected chi connectivity index (χ3v) is 3.52. The Morgan fingerprint density at radius 2 is 2.18 bits per heavy atom. The van der Waals surface area contributed by atoms with Crippen LogP contribution in [0.15, 0.2) is 0 Å². The molecule has 0 spiro atoms. The zero-order valence-electron chi connectivity index (χ0n) is 11.4. The number of likely N-dealkylation sites (tertiary alicyclic amines) is 1. The molecule has 1 aliphatic rings. The quantitative estimate of drug-likeness (QED) is 0.754. The van der Waals surface area contributed by atoms with Crippen LogP contribution in [0.2, 0.25) is 0 Å². The monoisotopic (exact) mass is 241 g/mol. The predicted octanol–water partition coefficient (Wildman–Crippen LogP) is 0.960. The summed E-state index contributed by atoms with van der Waals surface area (Å²) < 4.78 is 0. The van der Waals surface area contributed by atoms with E-state index in [1.54, 1.807) is 0 Å². The van der Waals surface area contributed by atoms with Crippen LogP contribution < -0.4 is 11.1 Å². The van der Waals surface area contributed by atoms with Gasteiger partial charge in [0, 0.05) is 31.6 Å². The molecule has 0 aromatic carbocycles. The molecular formula is C13H27N3O. The number of hydrogen-bond donors (Lipinski definition) is 2. The van der Waals surface area contributed by atoms with Gasteiger partial charge in [-0.25, -0.2) is 0 Å². The maximum Gasteiger partial charge on any atom is 0.221 e. The topological polar surface area (TPSA) is 58.4 Å². The SMILES string of the molecule is CC(C)NC(=O)CCN1CC(CN)CCC1C. The number of carbonyl (C=O) groups excluding carboxylic acids is 1. The molecule has 2 atom stereocenters. The summed E-state index contributed by atoms with van der Waals surface area (Å²) in [6.07, 6.45) is 3.03. The highest BCUT2D eigenvalue weighted by Gasteiger charge is 2.24. The molecule has 1 fully saturated rings. The lowest BCUT2D eigenvalue weighted by atomic mass is 9.93. The zero-order valence-corrected chi connectivity index (χ0v) is 11.4. The molecule has 0 bridgehead atoms. The molecular weight excluding hydrogens is 214 g/mol. The van der Waals surface area contributed by atoms with E-state index in [2.05, 4.69) is 17.1 Å². The van der Waals surface area contributed by atoms with E-state index >= 15 is 0 Å². The summed E-state index contributed by atoms with van der Waals surface area (Å²) in [5, 5.41) is 2.93. The summed E-state index contributed by atoms with van der Waals surface area (Å²) >= 11 is 0. The van der Waals surface area contributed by atoms with E-state index in [1.165, 1.54) is 12.8 Å². The molecule has 0 aromatic rings. The molecule has 0 aromatic heterocycles. The molecule has 1 rings (SSSR count). The second-order valence-electron chi connectivity index (χ2n) is 5.50. The maximum atomic E-state index is 11.6. The molecule has 4 heteroatoms. The molecule has 1 saturated heterocycles. The largest absolute Gasteiger partial charge is 0.354 e. The van der Waals surface area contributed by atoms with Crippen LogP contribution in [-0.4, -0.2) is 42.5 Å². The molecule has 0 radical (unpaired) electrons. The van der Waals surface area contributed by atoms with Crippen LogP contribution in [0.5, 0.6) is 0 Å². The van der Waals surface area contributed by atoms with Crippen LogP contribution in [0, 0.1) is 5.92 Å². The minimum atomic E-state index is 0.155. The maximum absolute atomic E-state index is 11.6. The number of rotatable bonds is 5. The Labute approximate surface area is 105 Å². The zero-order chi connectivity index (χ0) is 12.8. The standard InChI is InChI=1S/C13H27N3O/c1-10(2)15-13(17)6-7-16-9-12(8-14)5-4-11(16)3/h10-12H,4-9,14H2,1-3H3,(H,15,17). The van der Waals surface area contributed by atoms with Crippen molar-refractivity contribution in [2.45, 2.75) is 52.1 Å². The first kappa shape index (κ1) is 14.5. The van der Waals surface area contributed by atoms with Crippen LogP contribution in [0.3, 0.4) is 0 Å². The Hall–Kier alpha value is -0.610. The number of piperidine rings is 1. The summed E-state index contributed by atoms with van der Waals surface area (Å²) in [7, 11) is 0. The lowest BCUT2D eigenvalue weighted by Gasteiger charge is -2.37. The highest BCUT2D eigenvalue weighted by molar-refractivity contribution is 5.76. The summed E-state index contributed by atoms with van der Waals surface area (Å²) in [6.45, 7) is 8.90. The van der Waals surface area contributed by atoms with Gasteiger partial charge >= 0.3 is 0 Å². The van der Waals surface area contributed by atoms with E-state index < -0.39 is 0 Å². The molecule has 1 heterocycles.